The van der Waals surface area contributed by atoms with Crippen molar-refractivity contribution in [2.45, 2.75) is 32.1 Å². The average molecular weight is 303 g/mol. The molecule has 0 saturated carbocycles. The number of nitrogens with two attached hydrogens (primary N) is 1. The summed E-state index contributed by atoms with van der Waals surface area (Å²) in [7, 11) is 1.77. The molecule has 0 unspecified atom stereocenters. The molecular weight excluding hydrogens is 282 g/mol. The van der Waals surface area contributed by atoms with Gasteiger partial charge in [0.2, 0.25) is 11.9 Å². The molecule has 2 heterocycles. The second kappa shape index (κ2) is 5.90. The van der Waals surface area contributed by atoms with Crippen molar-refractivity contribution in [3.8, 4) is 0 Å². The molecule has 22 heavy (non-hydrogen) atoms. The van der Waals surface area contributed by atoms with Gasteiger partial charge in [-0.3, -0.25) is 9.59 Å². The summed E-state index contributed by atoms with van der Waals surface area (Å²) in [5, 5.41) is 3.02. The number of fused-ring (bicyclic) bond motifs is 1. The summed E-state index contributed by atoms with van der Waals surface area (Å²) in [4.78, 5) is 34.5. The van der Waals surface area contributed by atoms with Crippen molar-refractivity contribution in [2.75, 3.05) is 30.4 Å². The van der Waals surface area contributed by atoms with Gasteiger partial charge in [0.1, 0.15) is 5.82 Å². The first-order chi connectivity index (χ1) is 10.6. The summed E-state index contributed by atoms with van der Waals surface area (Å²) < 4.78 is 0. The third kappa shape index (κ3) is 2.63. The molecule has 1 amide bonds. The zero-order valence-electron chi connectivity index (χ0n) is 12.8. The van der Waals surface area contributed by atoms with Crippen molar-refractivity contribution < 1.29 is 9.59 Å². The second-order valence-corrected chi connectivity index (χ2v) is 5.88. The molecule has 3 rings (SSSR count). The Bertz CT molecular complexity index is 591. The number of carbonyl (C=O) groups is 2. The third-order valence-corrected chi connectivity index (χ3v) is 4.49. The van der Waals surface area contributed by atoms with E-state index in [0.29, 0.717) is 36.8 Å². The van der Waals surface area contributed by atoms with E-state index in [9.17, 15) is 9.59 Å². The molecule has 1 fully saturated rings. The molecule has 0 bridgehead atoms. The number of aryl methyl sites for hydroxylation is 1. The van der Waals surface area contributed by atoms with E-state index >= 15 is 0 Å². The van der Waals surface area contributed by atoms with Gasteiger partial charge in [0, 0.05) is 32.5 Å². The number of nitrogens with one attached hydrogen (secondary N) is 1. The lowest BCUT2D eigenvalue weighted by Gasteiger charge is -2.31. The topological polar surface area (TPSA) is 101 Å². The highest BCUT2D eigenvalue weighted by Gasteiger charge is 2.28. The fourth-order valence-corrected chi connectivity index (χ4v) is 3.20. The van der Waals surface area contributed by atoms with Gasteiger partial charge in [-0.25, -0.2) is 4.98 Å². The van der Waals surface area contributed by atoms with Gasteiger partial charge in [-0.05, 0) is 25.7 Å². The number of aromatic nitrogens is 2. The zero-order chi connectivity index (χ0) is 15.7. The van der Waals surface area contributed by atoms with Crippen LogP contribution in [0.5, 0.6) is 0 Å². The normalized spacial score (nSPS) is 19.0. The Balaban J connectivity index is 1.86. The summed E-state index contributed by atoms with van der Waals surface area (Å²) in [6.07, 6.45) is 3.67. The third-order valence-electron chi connectivity index (χ3n) is 4.49. The van der Waals surface area contributed by atoms with Crippen molar-refractivity contribution in [1.29, 1.82) is 0 Å². The van der Waals surface area contributed by atoms with E-state index in [4.69, 9.17) is 5.73 Å². The monoisotopic (exact) mass is 303 g/mol. The Hall–Kier alpha value is -2.18. The predicted molar refractivity (Wildman–Crippen MR) is 83.0 cm³/mol. The largest absolute Gasteiger partial charge is 0.372 e. The molecule has 0 spiro atoms. The lowest BCUT2D eigenvalue weighted by Crippen LogP contribution is -2.39. The maximum absolute atomic E-state index is 12.1. The molecule has 0 atom stereocenters. The number of Topliss-reactive ketones (excluding diaryl/α,β-unsaturated/α-hetero) is 1. The fourth-order valence-electron chi connectivity index (χ4n) is 3.20. The Morgan fingerprint density at radius 3 is 2.64 bits per heavy atom. The van der Waals surface area contributed by atoms with Crippen molar-refractivity contribution >= 4 is 23.5 Å². The van der Waals surface area contributed by atoms with E-state index in [1.54, 1.807) is 7.05 Å². The Morgan fingerprint density at radius 1 is 1.27 bits per heavy atom. The molecule has 2 aliphatic rings. The predicted octanol–water partition coefficient (Wildman–Crippen LogP) is 0.739. The van der Waals surface area contributed by atoms with Crippen LogP contribution in [0.1, 0.15) is 41.7 Å². The number of nitrogens with zero attached hydrogens (tertiary/aromatic N) is 3. The minimum Gasteiger partial charge on any atom is -0.372 e. The van der Waals surface area contributed by atoms with Crippen LogP contribution in [-0.2, 0) is 11.2 Å². The maximum atomic E-state index is 12.1. The van der Waals surface area contributed by atoms with Gasteiger partial charge >= 0.3 is 0 Å². The summed E-state index contributed by atoms with van der Waals surface area (Å²) in [5.74, 6) is 1.08. The molecule has 1 aromatic rings. The molecule has 0 aromatic carbocycles. The van der Waals surface area contributed by atoms with E-state index in [1.165, 1.54) is 0 Å². The first-order valence-corrected chi connectivity index (χ1v) is 7.76. The van der Waals surface area contributed by atoms with Crippen LogP contribution in [0.25, 0.3) is 0 Å². The highest BCUT2D eigenvalue weighted by molar-refractivity contribution is 6.02. The number of carbonyl (C=O) groups excluding carboxylic acids is 2. The van der Waals surface area contributed by atoms with Crippen LogP contribution in [0.3, 0.4) is 0 Å². The van der Waals surface area contributed by atoms with Gasteiger partial charge in [0.15, 0.2) is 5.78 Å². The van der Waals surface area contributed by atoms with Crippen LogP contribution in [0.4, 0.5) is 11.8 Å². The summed E-state index contributed by atoms with van der Waals surface area (Å²) >= 11 is 0. The van der Waals surface area contributed by atoms with Crippen LogP contribution in [0.15, 0.2) is 0 Å². The molecule has 1 aliphatic heterocycles. The van der Waals surface area contributed by atoms with Gasteiger partial charge < -0.3 is 16.0 Å². The van der Waals surface area contributed by atoms with E-state index in [0.717, 1.165) is 31.4 Å². The maximum Gasteiger partial charge on any atom is 0.227 e. The minimum atomic E-state index is -0.229. The van der Waals surface area contributed by atoms with Crippen LogP contribution in [0, 0.1) is 5.92 Å². The first-order valence-electron chi connectivity index (χ1n) is 7.76. The summed E-state index contributed by atoms with van der Waals surface area (Å²) in [5.41, 5.74) is 6.85. The second-order valence-electron chi connectivity index (χ2n) is 5.88. The van der Waals surface area contributed by atoms with Crippen molar-refractivity contribution in [3.05, 3.63) is 11.3 Å². The lowest BCUT2D eigenvalue weighted by atomic mass is 9.95. The molecule has 1 saturated heterocycles. The molecule has 1 aliphatic carbocycles. The van der Waals surface area contributed by atoms with Gasteiger partial charge in [0.25, 0.3) is 0 Å². The lowest BCUT2D eigenvalue weighted by molar-refractivity contribution is -0.122. The molecule has 0 radical (unpaired) electrons. The number of amides is 1. The molecule has 7 heteroatoms. The van der Waals surface area contributed by atoms with Gasteiger partial charge in [-0.2, -0.15) is 4.98 Å². The SMILES string of the molecule is CNc1nc(N2CCC(C(N)=O)CC2)nc2c1C(=O)CCC2. The number of anilines is 2. The number of hydrogen-bond donors (Lipinski definition) is 2. The summed E-state index contributed by atoms with van der Waals surface area (Å²) in [6.45, 7) is 1.42. The Morgan fingerprint density at radius 2 is 2.00 bits per heavy atom. The van der Waals surface area contributed by atoms with Crippen molar-refractivity contribution in [2.24, 2.45) is 11.7 Å². The molecule has 3 N–H and O–H groups in total. The van der Waals surface area contributed by atoms with Gasteiger partial charge in [0.05, 0.1) is 11.3 Å². The number of primary amides is 1. The number of hydrogen-bond acceptors (Lipinski definition) is 6. The first kappa shape index (κ1) is 14.7. The van der Waals surface area contributed by atoms with Crippen LogP contribution >= 0.6 is 0 Å². The number of ketones is 1. The molecule has 7 nitrogen and oxygen atoms in total. The van der Waals surface area contributed by atoms with Gasteiger partial charge in [-0.1, -0.05) is 0 Å². The van der Waals surface area contributed by atoms with Crippen molar-refractivity contribution in [3.63, 3.8) is 0 Å². The highest BCUT2D eigenvalue weighted by atomic mass is 16.1. The van der Waals surface area contributed by atoms with Crippen LogP contribution in [0.2, 0.25) is 0 Å². The standard InChI is InChI=1S/C15H21N5O2/c1-17-14-12-10(3-2-4-11(12)21)18-15(19-14)20-7-5-9(6-8-20)13(16)22/h9H,2-8H2,1H3,(H2,16,22)(H,17,18,19). The number of rotatable bonds is 3. The smallest absolute Gasteiger partial charge is 0.227 e. The molecular formula is C15H21N5O2. The van der Waals surface area contributed by atoms with Gasteiger partial charge in [-0.15, -0.1) is 0 Å². The van der Waals surface area contributed by atoms with E-state index < -0.39 is 0 Å². The molecule has 118 valence electrons. The quantitative estimate of drug-likeness (QED) is 0.854. The highest BCUT2D eigenvalue weighted by Crippen LogP contribution is 2.29. The summed E-state index contributed by atoms with van der Waals surface area (Å²) in [6, 6.07) is 0. The van der Waals surface area contributed by atoms with Crippen LogP contribution in [-0.4, -0.2) is 41.8 Å². The van der Waals surface area contributed by atoms with E-state index in [-0.39, 0.29) is 17.6 Å². The Kier molecular flexibility index (Phi) is 3.96. The minimum absolute atomic E-state index is 0.0563. The molecule has 1 aromatic heterocycles. The number of piperidine rings is 1. The average Bonchev–Trinajstić information content (AvgIpc) is 2.54. The van der Waals surface area contributed by atoms with E-state index in [1.807, 2.05) is 0 Å². The zero-order valence-corrected chi connectivity index (χ0v) is 12.8. The van der Waals surface area contributed by atoms with E-state index in [2.05, 4.69) is 20.2 Å². The Labute approximate surface area is 129 Å². The van der Waals surface area contributed by atoms with Crippen molar-refractivity contribution in [1.82, 2.24) is 9.97 Å². The van der Waals surface area contributed by atoms with Crippen LogP contribution < -0.4 is 16.0 Å². The fraction of sp³-hybridized carbons (Fsp3) is 0.600.